The van der Waals surface area contributed by atoms with Crippen molar-refractivity contribution in [3.05, 3.63) is 97.2 Å². The normalized spacial score (nSPS) is 14.2. The summed E-state index contributed by atoms with van der Waals surface area (Å²) >= 11 is 0. The van der Waals surface area contributed by atoms with Crippen LogP contribution in [0.1, 0.15) is 303 Å². The lowest BCUT2D eigenvalue weighted by Crippen LogP contribution is -2.47. The third-order valence-corrected chi connectivity index (χ3v) is 16.0. The third kappa shape index (κ3) is 63.3. The first-order valence-corrected chi connectivity index (χ1v) is 36.0. The number of ether oxygens (including phenoxy) is 1. The van der Waals surface area contributed by atoms with Gasteiger partial charge in [-0.05, 0) is 109 Å². The Hall–Kier alpha value is -3.07. The molecule has 1 N–H and O–H groups in total. The zero-order valence-corrected chi connectivity index (χ0v) is 55.8. The summed E-state index contributed by atoms with van der Waals surface area (Å²) in [6.45, 7) is 6.72. The SMILES string of the molecule is CC/C=C\C/C=C\C/C=C\C/C=C\C/C=C\C/C=C\CCCCCCC(=O)NC(COP(=O)([O-])OCC[N+](C)(C)C)C(/C=C/CCCCCCCCCCC)OC(=O)CCCCCCCCCCCCCCC/C=C/CCCCCCCC. The zero-order valence-electron chi connectivity index (χ0n) is 54.9. The monoisotopic (exact) mass is 1180 g/mol. The maximum Gasteiger partial charge on any atom is 0.306 e. The molecule has 3 atom stereocenters. The standard InChI is InChI=1S/C73H131N2O7P/c1-7-10-13-16-19-22-25-27-29-31-33-35-37-39-41-43-45-47-50-53-56-59-62-65-72(76)74-70(69-81-83(78,79)80-68-67-75(4,5)6)71(64-61-58-55-52-49-24-21-18-15-12-9-3)82-73(77)66-63-60-57-54-51-48-46-44-42-40-38-36-34-32-30-28-26-23-20-17-14-11-8-2/h10,13,19,22,27-30,33,35,39,41,45,47,61,64,70-71H,7-9,11-12,14-18,20-21,23-26,31-32,34,36-38,40,42-44,46,48-60,62-63,65-69H2,1-6H3,(H-,74,76,78,79)/b13-10-,22-19-,29-27-,30-28+,35-33-,41-39-,47-45-,64-61+. The van der Waals surface area contributed by atoms with Crippen LogP contribution in [0, 0.1) is 0 Å². The highest BCUT2D eigenvalue weighted by Crippen LogP contribution is 2.38. The molecule has 0 saturated carbocycles. The number of rotatable bonds is 62. The van der Waals surface area contributed by atoms with Crippen LogP contribution in [-0.2, 0) is 27.9 Å². The molecule has 1 amide bonds. The Bertz CT molecular complexity index is 1740. The van der Waals surface area contributed by atoms with Crippen LogP contribution in [0.2, 0.25) is 0 Å². The van der Waals surface area contributed by atoms with Crippen molar-refractivity contribution in [2.45, 2.75) is 315 Å². The van der Waals surface area contributed by atoms with E-state index in [0.29, 0.717) is 17.4 Å². The Morgan fingerprint density at radius 1 is 0.434 bits per heavy atom. The number of nitrogens with zero attached hydrogens (tertiary/aromatic N) is 1. The summed E-state index contributed by atoms with van der Waals surface area (Å²) in [6, 6.07) is -0.907. The highest BCUT2D eigenvalue weighted by atomic mass is 31.2. The van der Waals surface area contributed by atoms with E-state index in [1.807, 2.05) is 33.3 Å². The van der Waals surface area contributed by atoms with Crippen molar-refractivity contribution in [2.75, 3.05) is 40.9 Å². The molecule has 0 aromatic heterocycles. The second-order valence-electron chi connectivity index (χ2n) is 24.3. The number of likely N-dealkylation sites (N-methyl/N-ethyl adjacent to an activating group) is 1. The van der Waals surface area contributed by atoms with Gasteiger partial charge in [0.2, 0.25) is 5.91 Å². The van der Waals surface area contributed by atoms with Crippen LogP contribution < -0.4 is 10.2 Å². The Balaban J connectivity index is 5.12. The average Bonchev–Trinajstić information content (AvgIpc) is 3.51. The molecule has 3 unspecified atom stereocenters. The molecule has 0 aromatic carbocycles. The lowest BCUT2D eigenvalue weighted by Gasteiger charge is -2.30. The van der Waals surface area contributed by atoms with Crippen LogP contribution in [0.5, 0.6) is 0 Å². The van der Waals surface area contributed by atoms with E-state index < -0.39 is 26.6 Å². The molecule has 0 aliphatic heterocycles. The number of hydrogen-bond acceptors (Lipinski definition) is 7. The van der Waals surface area contributed by atoms with E-state index in [1.54, 1.807) is 0 Å². The number of quaternary nitrogens is 1. The number of hydrogen-bond donors (Lipinski definition) is 1. The number of nitrogens with one attached hydrogen (secondary N) is 1. The third-order valence-electron chi connectivity index (χ3n) is 15.0. The van der Waals surface area contributed by atoms with Crippen molar-refractivity contribution in [3.63, 3.8) is 0 Å². The molecule has 0 aromatic rings. The van der Waals surface area contributed by atoms with Crippen molar-refractivity contribution in [2.24, 2.45) is 0 Å². The van der Waals surface area contributed by atoms with Gasteiger partial charge >= 0.3 is 5.97 Å². The van der Waals surface area contributed by atoms with Crippen molar-refractivity contribution >= 4 is 19.7 Å². The molecule has 0 rings (SSSR count). The summed E-state index contributed by atoms with van der Waals surface area (Å²) in [5.41, 5.74) is 0. The quantitative estimate of drug-likeness (QED) is 0.0212. The fourth-order valence-electron chi connectivity index (χ4n) is 9.70. The highest BCUT2D eigenvalue weighted by molar-refractivity contribution is 7.45. The summed E-state index contributed by atoms with van der Waals surface area (Å²) in [5, 5.41) is 3.02. The Morgan fingerprint density at radius 2 is 0.771 bits per heavy atom. The van der Waals surface area contributed by atoms with E-state index in [9.17, 15) is 19.0 Å². The van der Waals surface area contributed by atoms with Crippen LogP contribution in [-0.4, -0.2) is 69.4 Å². The molecule has 83 heavy (non-hydrogen) atoms. The summed E-state index contributed by atoms with van der Waals surface area (Å²) < 4.78 is 30.4. The van der Waals surface area contributed by atoms with Crippen LogP contribution in [0.15, 0.2) is 97.2 Å². The van der Waals surface area contributed by atoms with Gasteiger partial charge in [0.05, 0.1) is 33.8 Å². The van der Waals surface area contributed by atoms with Gasteiger partial charge in [-0.25, -0.2) is 0 Å². The number of unbranched alkanes of at least 4 members (excludes halogenated alkanes) is 32. The summed E-state index contributed by atoms with van der Waals surface area (Å²) in [7, 11) is 1.16. The van der Waals surface area contributed by atoms with Crippen molar-refractivity contribution in [1.82, 2.24) is 5.32 Å². The maximum absolute atomic E-state index is 13.6. The lowest BCUT2D eigenvalue weighted by atomic mass is 10.0. The smallest absolute Gasteiger partial charge is 0.306 e. The first kappa shape index (κ1) is 79.9. The van der Waals surface area contributed by atoms with Gasteiger partial charge in [0.1, 0.15) is 19.3 Å². The fraction of sp³-hybridized carbons (Fsp3) is 0.753. The topological polar surface area (TPSA) is 114 Å². The predicted octanol–water partition coefficient (Wildman–Crippen LogP) is 21.3. The minimum absolute atomic E-state index is 0.0313. The molecule has 0 bridgehead atoms. The summed E-state index contributed by atoms with van der Waals surface area (Å²) in [5.74, 6) is -0.568. The van der Waals surface area contributed by atoms with E-state index in [4.69, 9.17) is 13.8 Å². The Kier molecular flexibility index (Phi) is 59.7. The minimum atomic E-state index is -4.71. The molecule has 0 heterocycles. The largest absolute Gasteiger partial charge is 0.756 e. The zero-order chi connectivity index (χ0) is 60.7. The first-order chi connectivity index (χ1) is 40.4. The molecule has 480 valence electrons. The van der Waals surface area contributed by atoms with E-state index in [1.165, 1.54) is 161 Å². The second-order valence-corrected chi connectivity index (χ2v) is 25.7. The molecule has 0 radical (unpaired) electrons. The molecule has 10 heteroatoms. The fourth-order valence-corrected chi connectivity index (χ4v) is 10.4. The van der Waals surface area contributed by atoms with E-state index in [-0.39, 0.29) is 31.3 Å². The molecular weight excluding hydrogens is 1050 g/mol. The molecule has 0 spiro atoms. The Morgan fingerprint density at radius 3 is 1.17 bits per heavy atom. The molecule has 0 aliphatic carbocycles. The first-order valence-electron chi connectivity index (χ1n) is 34.5. The number of amides is 1. The van der Waals surface area contributed by atoms with Gasteiger partial charge in [-0.15, -0.1) is 0 Å². The number of carbonyl (C=O) groups excluding carboxylic acids is 2. The maximum atomic E-state index is 13.6. The number of allylic oxidation sites excluding steroid dienone is 15. The molecule has 0 fully saturated rings. The number of esters is 1. The van der Waals surface area contributed by atoms with Crippen molar-refractivity contribution in [1.29, 1.82) is 0 Å². The summed E-state index contributed by atoms with van der Waals surface area (Å²) in [4.78, 5) is 40.1. The van der Waals surface area contributed by atoms with Gasteiger partial charge in [0.25, 0.3) is 7.82 Å². The van der Waals surface area contributed by atoms with Gasteiger partial charge in [-0.1, -0.05) is 279 Å². The Labute approximate surface area is 513 Å². The van der Waals surface area contributed by atoms with Gasteiger partial charge in [0, 0.05) is 12.8 Å². The van der Waals surface area contributed by atoms with Gasteiger partial charge in [0.15, 0.2) is 0 Å². The van der Waals surface area contributed by atoms with Crippen molar-refractivity contribution < 1.29 is 37.3 Å². The number of phosphoric acid groups is 1. The minimum Gasteiger partial charge on any atom is -0.756 e. The summed E-state index contributed by atoms with van der Waals surface area (Å²) in [6.07, 6.45) is 83.9. The van der Waals surface area contributed by atoms with Gasteiger partial charge in [-0.2, -0.15) is 0 Å². The van der Waals surface area contributed by atoms with Crippen LogP contribution in [0.3, 0.4) is 0 Å². The van der Waals surface area contributed by atoms with E-state index in [0.717, 1.165) is 103 Å². The van der Waals surface area contributed by atoms with E-state index >= 15 is 0 Å². The number of carbonyl (C=O) groups is 2. The predicted molar refractivity (Wildman–Crippen MR) is 358 cm³/mol. The molecule has 9 nitrogen and oxygen atoms in total. The van der Waals surface area contributed by atoms with Gasteiger partial charge in [-0.3, -0.25) is 14.2 Å². The average molecular weight is 1180 g/mol. The van der Waals surface area contributed by atoms with Crippen LogP contribution >= 0.6 is 7.82 Å². The van der Waals surface area contributed by atoms with Crippen LogP contribution in [0.25, 0.3) is 0 Å². The molecule has 0 aliphatic rings. The molecular formula is C73H131N2O7P. The molecule has 0 saturated heterocycles. The number of phosphoric ester groups is 1. The lowest BCUT2D eigenvalue weighted by molar-refractivity contribution is -0.870. The highest BCUT2D eigenvalue weighted by Gasteiger charge is 2.27. The van der Waals surface area contributed by atoms with Crippen LogP contribution in [0.4, 0.5) is 0 Å². The van der Waals surface area contributed by atoms with Crippen molar-refractivity contribution in [3.8, 4) is 0 Å². The van der Waals surface area contributed by atoms with E-state index in [2.05, 4.69) is 111 Å². The second kappa shape index (κ2) is 62.0. The van der Waals surface area contributed by atoms with Gasteiger partial charge < -0.3 is 28.5 Å².